The van der Waals surface area contributed by atoms with Gasteiger partial charge >= 0.3 is 0 Å². The lowest BCUT2D eigenvalue weighted by Gasteiger charge is -2.09. The molecule has 1 aromatic rings. The third kappa shape index (κ3) is 2.08. The van der Waals surface area contributed by atoms with Crippen LogP contribution in [0.25, 0.3) is 0 Å². The Morgan fingerprint density at radius 3 is 2.73 bits per heavy atom. The predicted octanol–water partition coefficient (Wildman–Crippen LogP) is 0.765. The molecule has 0 spiro atoms. The molecule has 5 nitrogen and oxygen atoms in total. The molecule has 3 N–H and O–H groups in total. The lowest BCUT2D eigenvalue weighted by atomic mass is 10.1. The van der Waals surface area contributed by atoms with Crippen LogP contribution in [0, 0.1) is 0 Å². The van der Waals surface area contributed by atoms with E-state index in [-0.39, 0.29) is 16.1 Å². The molecule has 0 aliphatic carbocycles. The monoisotopic (exact) mass is 228 g/mol. The van der Waals surface area contributed by atoms with Crippen molar-refractivity contribution in [3.05, 3.63) is 28.3 Å². The highest BCUT2D eigenvalue weighted by atomic mass is 35.5. The first-order valence-corrected chi connectivity index (χ1v) is 4.36. The largest absolute Gasteiger partial charge is 0.495 e. The van der Waals surface area contributed by atoms with Crippen LogP contribution in [0.4, 0.5) is 0 Å². The molecule has 6 heteroatoms. The Morgan fingerprint density at radius 1 is 1.60 bits per heavy atom. The van der Waals surface area contributed by atoms with E-state index in [1.165, 1.54) is 19.2 Å². The van der Waals surface area contributed by atoms with E-state index in [9.17, 15) is 9.59 Å². The maximum Gasteiger partial charge on any atom is 0.267 e. The summed E-state index contributed by atoms with van der Waals surface area (Å²) >= 11 is 5.87. The van der Waals surface area contributed by atoms with Gasteiger partial charge in [-0.25, -0.2) is 5.84 Å². The van der Waals surface area contributed by atoms with Crippen LogP contribution in [-0.4, -0.2) is 19.3 Å². The summed E-state index contributed by atoms with van der Waals surface area (Å²) in [5.41, 5.74) is 2.07. The second-order valence-electron chi connectivity index (χ2n) is 2.64. The summed E-state index contributed by atoms with van der Waals surface area (Å²) < 4.78 is 4.91. The second kappa shape index (κ2) is 4.77. The Kier molecular flexibility index (Phi) is 3.65. The number of methoxy groups -OCH3 is 1. The number of hydrogen-bond donors (Lipinski definition) is 2. The average molecular weight is 229 g/mol. The molecule has 0 fully saturated rings. The van der Waals surface area contributed by atoms with Gasteiger partial charge in [0.05, 0.1) is 17.7 Å². The lowest BCUT2D eigenvalue weighted by Crippen LogP contribution is -2.31. The van der Waals surface area contributed by atoms with E-state index in [1.807, 2.05) is 5.43 Å². The second-order valence-corrected chi connectivity index (χ2v) is 3.02. The number of hydrazine groups is 1. The van der Waals surface area contributed by atoms with Gasteiger partial charge < -0.3 is 4.74 Å². The van der Waals surface area contributed by atoms with Gasteiger partial charge in [-0.2, -0.15) is 0 Å². The zero-order valence-corrected chi connectivity index (χ0v) is 8.67. The molecule has 1 aromatic carbocycles. The smallest absolute Gasteiger partial charge is 0.267 e. The normalized spacial score (nSPS) is 9.53. The minimum absolute atomic E-state index is 0.00789. The van der Waals surface area contributed by atoms with Crippen molar-refractivity contribution < 1.29 is 14.3 Å². The molecule has 0 saturated carbocycles. The highest BCUT2D eigenvalue weighted by Crippen LogP contribution is 2.29. The fourth-order valence-corrected chi connectivity index (χ4v) is 1.47. The standard InChI is InChI=1S/C9H9ClN2O3/c1-15-6-3-2-5(4-13)7(8(6)10)9(14)12-11/h2-4H,11H2,1H3,(H,12,14). The van der Waals surface area contributed by atoms with Crippen molar-refractivity contribution in [2.75, 3.05) is 7.11 Å². The van der Waals surface area contributed by atoms with E-state index in [4.69, 9.17) is 22.2 Å². The molecule has 0 saturated heterocycles. The molecule has 80 valence electrons. The molecule has 0 atom stereocenters. The van der Waals surface area contributed by atoms with Gasteiger partial charge in [0.25, 0.3) is 5.91 Å². The number of carbonyl (C=O) groups excluding carboxylic acids is 2. The predicted molar refractivity (Wildman–Crippen MR) is 55.0 cm³/mol. The number of nitrogen functional groups attached to an aromatic ring is 1. The highest BCUT2D eigenvalue weighted by Gasteiger charge is 2.17. The van der Waals surface area contributed by atoms with Gasteiger partial charge in [-0.1, -0.05) is 11.6 Å². The van der Waals surface area contributed by atoms with E-state index in [2.05, 4.69) is 0 Å². The number of carbonyl (C=O) groups is 2. The van der Waals surface area contributed by atoms with Crippen molar-refractivity contribution in [2.24, 2.45) is 5.84 Å². The summed E-state index contributed by atoms with van der Waals surface area (Å²) in [6, 6.07) is 2.93. The molecule has 0 aliphatic rings. The first-order chi connectivity index (χ1) is 7.15. The highest BCUT2D eigenvalue weighted by molar-refractivity contribution is 6.36. The van der Waals surface area contributed by atoms with E-state index >= 15 is 0 Å². The van der Waals surface area contributed by atoms with E-state index < -0.39 is 5.91 Å². The number of ether oxygens (including phenoxy) is 1. The van der Waals surface area contributed by atoms with Crippen LogP contribution in [0.15, 0.2) is 12.1 Å². The number of aldehydes is 1. The van der Waals surface area contributed by atoms with E-state index in [0.717, 1.165) is 0 Å². The molecule has 1 amide bonds. The zero-order valence-electron chi connectivity index (χ0n) is 7.91. The Hall–Kier alpha value is -1.59. The number of hydrogen-bond acceptors (Lipinski definition) is 4. The lowest BCUT2D eigenvalue weighted by molar-refractivity contribution is 0.0948. The Labute approximate surface area is 91.1 Å². The van der Waals surface area contributed by atoms with E-state index in [0.29, 0.717) is 12.0 Å². The molecular formula is C9H9ClN2O3. The summed E-state index contributed by atoms with van der Waals surface area (Å²) in [4.78, 5) is 22.0. The van der Waals surface area contributed by atoms with Crippen LogP contribution in [0.5, 0.6) is 5.75 Å². The molecule has 0 aromatic heterocycles. The van der Waals surface area contributed by atoms with Gasteiger partial charge in [-0.05, 0) is 12.1 Å². The zero-order chi connectivity index (χ0) is 11.4. The minimum atomic E-state index is -0.638. The van der Waals surface area contributed by atoms with Gasteiger partial charge in [0.15, 0.2) is 6.29 Å². The summed E-state index contributed by atoms with van der Waals surface area (Å²) in [7, 11) is 1.41. The van der Waals surface area contributed by atoms with Crippen molar-refractivity contribution in [1.82, 2.24) is 5.43 Å². The maximum atomic E-state index is 11.3. The third-order valence-corrected chi connectivity index (χ3v) is 2.22. The molecular weight excluding hydrogens is 220 g/mol. The van der Waals surface area contributed by atoms with E-state index in [1.54, 1.807) is 0 Å². The first-order valence-electron chi connectivity index (χ1n) is 3.98. The summed E-state index contributed by atoms with van der Waals surface area (Å²) in [6.07, 6.45) is 0.524. The van der Waals surface area contributed by atoms with Crippen molar-refractivity contribution in [3.63, 3.8) is 0 Å². The third-order valence-electron chi connectivity index (χ3n) is 1.84. The summed E-state index contributed by atoms with van der Waals surface area (Å²) in [5.74, 6) is 4.64. The summed E-state index contributed by atoms with van der Waals surface area (Å²) in [5, 5.41) is 0.0602. The molecule has 15 heavy (non-hydrogen) atoms. The average Bonchev–Trinajstić information content (AvgIpc) is 2.27. The molecule has 1 rings (SSSR count). The van der Waals surface area contributed by atoms with Crippen molar-refractivity contribution in [2.45, 2.75) is 0 Å². The molecule has 0 radical (unpaired) electrons. The number of halogens is 1. The van der Waals surface area contributed by atoms with Crippen molar-refractivity contribution in [3.8, 4) is 5.75 Å². The fraction of sp³-hybridized carbons (Fsp3) is 0.111. The van der Waals surface area contributed by atoms with Crippen LogP contribution in [0.3, 0.4) is 0 Å². The first kappa shape index (κ1) is 11.5. The van der Waals surface area contributed by atoms with Crippen LogP contribution in [-0.2, 0) is 0 Å². The minimum Gasteiger partial charge on any atom is -0.495 e. The van der Waals surface area contributed by atoms with Gasteiger partial charge in [-0.3, -0.25) is 15.0 Å². The van der Waals surface area contributed by atoms with Crippen molar-refractivity contribution in [1.29, 1.82) is 0 Å². The molecule has 0 unspecified atom stereocenters. The van der Waals surface area contributed by atoms with Crippen LogP contribution < -0.4 is 16.0 Å². The Balaban J connectivity index is 3.42. The maximum absolute atomic E-state index is 11.3. The van der Waals surface area contributed by atoms with Crippen LogP contribution in [0.1, 0.15) is 20.7 Å². The van der Waals surface area contributed by atoms with Crippen LogP contribution in [0.2, 0.25) is 5.02 Å². The van der Waals surface area contributed by atoms with Gasteiger partial charge in [0.2, 0.25) is 0 Å². The Morgan fingerprint density at radius 2 is 2.27 bits per heavy atom. The Bertz CT molecular complexity index is 407. The molecule has 0 bridgehead atoms. The molecule has 0 heterocycles. The number of benzene rings is 1. The SMILES string of the molecule is COc1ccc(C=O)c(C(=O)NN)c1Cl. The number of nitrogens with two attached hydrogens (primary N) is 1. The number of rotatable bonds is 3. The topological polar surface area (TPSA) is 81.4 Å². The number of nitrogens with one attached hydrogen (secondary N) is 1. The van der Waals surface area contributed by atoms with Gasteiger partial charge in [-0.15, -0.1) is 0 Å². The quantitative estimate of drug-likeness (QED) is 0.346. The van der Waals surface area contributed by atoms with Crippen LogP contribution >= 0.6 is 11.6 Å². The fourth-order valence-electron chi connectivity index (χ4n) is 1.13. The summed E-state index contributed by atoms with van der Waals surface area (Å²) in [6.45, 7) is 0. The van der Waals surface area contributed by atoms with Crippen molar-refractivity contribution >= 4 is 23.8 Å². The van der Waals surface area contributed by atoms with Gasteiger partial charge in [0.1, 0.15) is 5.75 Å². The molecule has 0 aliphatic heterocycles. The number of amides is 1. The van der Waals surface area contributed by atoms with Gasteiger partial charge in [0, 0.05) is 5.56 Å².